The maximum atomic E-state index is 12.3. The minimum Gasteiger partial charge on any atom is -0.339 e. The number of piperidine rings is 1. The first-order valence-corrected chi connectivity index (χ1v) is 7.50. The Bertz CT molecular complexity index is 416. The van der Waals surface area contributed by atoms with Crippen LogP contribution in [0.4, 0.5) is 0 Å². The van der Waals surface area contributed by atoms with Crippen molar-refractivity contribution in [2.24, 2.45) is 5.73 Å². The van der Waals surface area contributed by atoms with Gasteiger partial charge in [-0.05, 0) is 31.2 Å². The molecule has 0 aliphatic carbocycles. The molecule has 0 atom stereocenters. The van der Waals surface area contributed by atoms with Gasteiger partial charge >= 0.3 is 0 Å². The molecule has 98 valence electrons. The third-order valence-electron chi connectivity index (χ3n) is 3.34. The van der Waals surface area contributed by atoms with Crippen LogP contribution < -0.4 is 5.73 Å². The molecule has 2 N–H and O–H groups in total. The third kappa shape index (κ3) is 3.03. The molecular formula is C13H19N3OS. The fourth-order valence-electron chi connectivity index (χ4n) is 2.20. The predicted octanol–water partition coefficient (Wildman–Crippen LogP) is 1.51. The topological polar surface area (TPSA) is 59.2 Å². The summed E-state index contributed by atoms with van der Waals surface area (Å²) in [4.78, 5) is 18.4. The van der Waals surface area contributed by atoms with Crippen molar-refractivity contribution in [2.75, 3.05) is 19.3 Å². The average molecular weight is 265 g/mol. The van der Waals surface area contributed by atoms with Crippen molar-refractivity contribution in [1.82, 2.24) is 9.88 Å². The van der Waals surface area contributed by atoms with Crippen LogP contribution in [0.1, 0.15) is 28.9 Å². The lowest BCUT2D eigenvalue weighted by molar-refractivity contribution is 0.0727. The molecule has 0 bridgehead atoms. The van der Waals surface area contributed by atoms with Crippen molar-refractivity contribution >= 4 is 17.7 Å². The standard InChI is InChI=1S/C13H19N3OS/c1-18-12-3-6-16(7-4-12)13(17)10-2-5-15-11(8-10)9-14/h2,5,8,12H,3-4,6-7,9,14H2,1H3. The number of pyridine rings is 1. The van der Waals surface area contributed by atoms with Gasteiger partial charge < -0.3 is 10.6 Å². The molecule has 1 aromatic heterocycles. The molecule has 1 aliphatic rings. The third-order valence-corrected chi connectivity index (χ3v) is 4.47. The number of amides is 1. The maximum Gasteiger partial charge on any atom is 0.253 e. The first kappa shape index (κ1) is 13.4. The fraction of sp³-hybridized carbons (Fsp3) is 0.538. The average Bonchev–Trinajstić information content (AvgIpc) is 2.46. The molecule has 4 nitrogen and oxygen atoms in total. The molecule has 1 amide bonds. The van der Waals surface area contributed by atoms with E-state index in [2.05, 4.69) is 11.2 Å². The van der Waals surface area contributed by atoms with Crippen LogP contribution in [-0.4, -0.2) is 40.4 Å². The summed E-state index contributed by atoms with van der Waals surface area (Å²) in [5.41, 5.74) is 7.01. The first-order chi connectivity index (χ1) is 8.74. The molecule has 0 aromatic carbocycles. The summed E-state index contributed by atoms with van der Waals surface area (Å²) in [5.74, 6) is 0.103. The Kier molecular flexibility index (Phi) is 4.60. The minimum absolute atomic E-state index is 0.103. The van der Waals surface area contributed by atoms with Crippen LogP contribution >= 0.6 is 11.8 Å². The molecular weight excluding hydrogens is 246 g/mol. The number of aromatic nitrogens is 1. The number of hydrogen-bond donors (Lipinski definition) is 1. The van der Waals surface area contributed by atoms with Gasteiger partial charge in [-0.25, -0.2) is 0 Å². The number of rotatable bonds is 3. The monoisotopic (exact) mass is 265 g/mol. The van der Waals surface area contributed by atoms with Gasteiger partial charge in [-0.15, -0.1) is 0 Å². The number of nitrogens with zero attached hydrogens (tertiary/aromatic N) is 2. The molecule has 18 heavy (non-hydrogen) atoms. The molecule has 1 aromatic rings. The Morgan fingerprint density at radius 1 is 1.56 bits per heavy atom. The van der Waals surface area contributed by atoms with Crippen LogP contribution in [0, 0.1) is 0 Å². The van der Waals surface area contributed by atoms with Crippen molar-refractivity contribution in [3.8, 4) is 0 Å². The second kappa shape index (κ2) is 6.20. The van der Waals surface area contributed by atoms with Crippen molar-refractivity contribution in [3.63, 3.8) is 0 Å². The molecule has 0 radical (unpaired) electrons. The summed E-state index contributed by atoms with van der Waals surface area (Å²) in [6.45, 7) is 2.07. The van der Waals surface area contributed by atoms with E-state index in [0.717, 1.165) is 31.6 Å². The minimum atomic E-state index is 0.103. The summed E-state index contributed by atoms with van der Waals surface area (Å²) in [6, 6.07) is 3.56. The Hall–Kier alpha value is -1.07. The normalized spacial score (nSPS) is 16.9. The number of thioether (sulfide) groups is 1. The highest BCUT2D eigenvalue weighted by molar-refractivity contribution is 7.99. The largest absolute Gasteiger partial charge is 0.339 e. The molecule has 0 saturated carbocycles. The SMILES string of the molecule is CSC1CCN(C(=O)c2ccnc(CN)c2)CC1. The van der Waals surface area contributed by atoms with Crippen LogP contribution in [0.15, 0.2) is 18.3 Å². The van der Waals surface area contributed by atoms with Gasteiger partial charge in [0.15, 0.2) is 0 Å². The van der Waals surface area contributed by atoms with E-state index in [0.29, 0.717) is 17.4 Å². The van der Waals surface area contributed by atoms with Crippen LogP contribution in [-0.2, 0) is 6.54 Å². The lowest BCUT2D eigenvalue weighted by Gasteiger charge is -2.31. The molecule has 2 heterocycles. The summed E-state index contributed by atoms with van der Waals surface area (Å²) < 4.78 is 0. The van der Waals surface area contributed by atoms with Gasteiger partial charge in [-0.1, -0.05) is 0 Å². The number of carbonyl (C=O) groups excluding carboxylic acids is 1. The van der Waals surface area contributed by atoms with Gasteiger partial charge in [0.2, 0.25) is 0 Å². The van der Waals surface area contributed by atoms with Crippen molar-refractivity contribution in [2.45, 2.75) is 24.6 Å². The molecule has 1 aliphatic heterocycles. The summed E-state index contributed by atoms with van der Waals surface area (Å²) in [6.07, 6.45) is 5.96. The van der Waals surface area contributed by atoms with E-state index in [1.165, 1.54) is 0 Å². The summed E-state index contributed by atoms with van der Waals surface area (Å²) in [7, 11) is 0. The molecule has 2 rings (SSSR count). The van der Waals surface area contributed by atoms with E-state index >= 15 is 0 Å². The molecule has 1 fully saturated rings. The quantitative estimate of drug-likeness (QED) is 0.900. The van der Waals surface area contributed by atoms with Gasteiger partial charge in [-0.3, -0.25) is 9.78 Å². The van der Waals surface area contributed by atoms with Gasteiger partial charge in [0.05, 0.1) is 5.69 Å². The zero-order valence-corrected chi connectivity index (χ0v) is 11.4. The number of nitrogens with two attached hydrogens (primary N) is 1. The van der Waals surface area contributed by atoms with Gasteiger partial charge in [0.25, 0.3) is 5.91 Å². The zero-order chi connectivity index (χ0) is 13.0. The van der Waals surface area contributed by atoms with Crippen LogP contribution in [0.25, 0.3) is 0 Å². The second-order valence-electron chi connectivity index (χ2n) is 4.47. The van der Waals surface area contributed by atoms with Crippen molar-refractivity contribution in [1.29, 1.82) is 0 Å². The van der Waals surface area contributed by atoms with E-state index in [9.17, 15) is 4.79 Å². The highest BCUT2D eigenvalue weighted by Gasteiger charge is 2.23. The summed E-state index contributed by atoms with van der Waals surface area (Å²) >= 11 is 1.90. The van der Waals surface area contributed by atoms with E-state index in [1.807, 2.05) is 16.7 Å². The summed E-state index contributed by atoms with van der Waals surface area (Å²) in [5, 5.41) is 0.700. The maximum absolute atomic E-state index is 12.3. The predicted molar refractivity (Wildman–Crippen MR) is 74.6 cm³/mol. The lowest BCUT2D eigenvalue weighted by atomic mass is 10.1. The number of carbonyl (C=O) groups is 1. The Balaban J connectivity index is 2.03. The molecule has 1 saturated heterocycles. The van der Waals surface area contributed by atoms with Crippen molar-refractivity contribution in [3.05, 3.63) is 29.6 Å². The van der Waals surface area contributed by atoms with Crippen LogP contribution in [0.3, 0.4) is 0 Å². The Morgan fingerprint density at radius 2 is 2.28 bits per heavy atom. The van der Waals surface area contributed by atoms with E-state index in [4.69, 9.17) is 5.73 Å². The molecule has 5 heteroatoms. The number of likely N-dealkylation sites (tertiary alicyclic amines) is 1. The Morgan fingerprint density at radius 3 is 2.89 bits per heavy atom. The van der Waals surface area contributed by atoms with Crippen LogP contribution in [0.2, 0.25) is 0 Å². The van der Waals surface area contributed by atoms with E-state index in [1.54, 1.807) is 18.3 Å². The highest BCUT2D eigenvalue weighted by atomic mass is 32.2. The highest BCUT2D eigenvalue weighted by Crippen LogP contribution is 2.22. The van der Waals surface area contributed by atoms with E-state index < -0.39 is 0 Å². The lowest BCUT2D eigenvalue weighted by Crippen LogP contribution is -2.39. The zero-order valence-electron chi connectivity index (χ0n) is 10.6. The van der Waals surface area contributed by atoms with Crippen LogP contribution in [0.5, 0.6) is 0 Å². The molecule has 0 unspecified atom stereocenters. The number of hydrogen-bond acceptors (Lipinski definition) is 4. The van der Waals surface area contributed by atoms with Gasteiger partial charge in [-0.2, -0.15) is 11.8 Å². The fourth-order valence-corrected chi connectivity index (χ4v) is 2.88. The van der Waals surface area contributed by atoms with Gasteiger partial charge in [0.1, 0.15) is 0 Å². The van der Waals surface area contributed by atoms with E-state index in [-0.39, 0.29) is 5.91 Å². The van der Waals surface area contributed by atoms with Crippen molar-refractivity contribution < 1.29 is 4.79 Å². The Labute approximate surface area is 112 Å². The molecule has 0 spiro atoms. The first-order valence-electron chi connectivity index (χ1n) is 6.21. The smallest absolute Gasteiger partial charge is 0.253 e. The second-order valence-corrected chi connectivity index (χ2v) is 5.61. The van der Waals surface area contributed by atoms with Gasteiger partial charge in [0, 0.05) is 36.6 Å².